The average Bonchev–Trinajstić information content (AvgIpc) is 2.70. The van der Waals surface area contributed by atoms with E-state index in [-0.39, 0.29) is 0 Å². The van der Waals surface area contributed by atoms with Crippen molar-refractivity contribution in [1.82, 2.24) is 14.7 Å². The van der Waals surface area contributed by atoms with Crippen LogP contribution in [0, 0.1) is 0 Å². The van der Waals surface area contributed by atoms with E-state index in [9.17, 15) is 0 Å². The summed E-state index contributed by atoms with van der Waals surface area (Å²) in [5.74, 6) is 0. The molecule has 1 aromatic rings. The summed E-state index contributed by atoms with van der Waals surface area (Å²) < 4.78 is 1.90. The van der Waals surface area contributed by atoms with Crippen molar-refractivity contribution in [3.8, 4) is 0 Å². The Hall–Kier alpha value is -0.780. The zero-order valence-electron chi connectivity index (χ0n) is 10.9. The van der Waals surface area contributed by atoms with Crippen LogP contribution < -0.4 is 5.14 Å². The lowest BCUT2D eigenvalue weighted by Gasteiger charge is -2.24. The maximum Gasteiger partial charge on any atom is 0.133 e. The van der Waals surface area contributed by atoms with Gasteiger partial charge in [0.15, 0.2) is 0 Å². The number of hydrogen-bond acceptors (Lipinski definition) is 4. The van der Waals surface area contributed by atoms with Crippen LogP contribution in [-0.4, -0.2) is 34.8 Å². The minimum atomic E-state index is 0.346. The third-order valence-corrected chi connectivity index (χ3v) is 3.08. The van der Waals surface area contributed by atoms with Gasteiger partial charge in [-0.15, -0.1) is 0 Å². The van der Waals surface area contributed by atoms with E-state index in [1.54, 1.807) is 6.08 Å². The molecular formula is C12H22N4S. The smallest absolute Gasteiger partial charge is 0.133 e. The van der Waals surface area contributed by atoms with Gasteiger partial charge in [0.1, 0.15) is 5.03 Å². The molecule has 5 heteroatoms. The van der Waals surface area contributed by atoms with E-state index in [1.165, 1.54) is 19.5 Å². The van der Waals surface area contributed by atoms with Crippen molar-refractivity contribution in [1.29, 1.82) is 0 Å². The normalized spacial score (nSPS) is 15.1. The molecule has 96 valence electrons. The van der Waals surface area contributed by atoms with Gasteiger partial charge in [-0.1, -0.05) is 6.58 Å². The maximum absolute atomic E-state index is 5.39. The minimum absolute atomic E-state index is 0.346. The van der Waals surface area contributed by atoms with Crippen molar-refractivity contribution >= 4 is 18.0 Å². The summed E-state index contributed by atoms with van der Waals surface area (Å²) in [5.41, 5.74) is 1.01. The molecule has 0 saturated carbocycles. The third-order valence-electron chi connectivity index (χ3n) is 2.64. The van der Waals surface area contributed by atoms with Gasteiger partial charge in [0.05, 0.1) is 5.69 Å². The number of nitrogens with zero attached hydrogens (tertiary/aromatic N) is 3. The number of likely N-dealkylation sites (tertiary alicyclic amines) is 1. The first-order chi connectivity index (χ1) is 8.08. The Morgan fingerprint density at radius 3 is 2.35 bits per heavy atom. The lowest BCUT2D eigenvalue weighted by molar-refractivity contribution is 0.229. The topological polar surface area (TPSA) is 47.1 Å². The van der Waals surface area contributed by atoms with Gasteiger partial charge in [-0.2, -0.15) is 5.10 Å². The van der Waals surface area contributed by atoms with Gasteiger partial charge in [0, 0.05) is 6.04 Å². The van der Waals surface area contributed by atoms with E-state index in [4.69, 9.17) is 5.14 Å². The Morgan fingerprint density at radius 2 is 2.12 bits per heavy atom. The second-order valence-corrected chi connectivity index (χ2v) is 5.08. The van der Waals surface area contributed by atoms with Crippen LogP contribution in [0.15, 0.2) is 17.7 Å². The van der Waals surface area contributed by atoms with Crippen molar-refractivity contribution in [3.05, 3.63) is 18.3 Å². The van der Waals surface area contributed by atoms with Crippen molar-refractivity contribution in [3.63, 3.8) is 0 Å². The summed E-state index contributed by atoms with van der Waals surface area (Å²) in [5, 5.41) is 10.5. The predicted molar refractivity (Wildman–Crippen MR) is 74.9 cm³/mol. The number of rotatable bonds is 3. The molecule has 1 fully saturated rings. The van der Waals surface area contributed by atoms with E-state index in [1.807, 2.05) is 10.7 Å². The molecule has 0 amide bonds. The lowest BCUT2D eigenvalue weighted by Crippen LogP contribution is -2.32. The molecule has 2 N–H and O–H groups in total. The minimum Gasteiger partial charge on any atom is -0.306 e. The van der Waals surface area contributed by atoms with Crippen LogP contribution in [0.5, 0.6) is 0 Å². The van der Waals surface area contributed by atoms with Gasteiger partial charge < -0.3 is 4.90 Å². The van der Waals surface area contributed by atoms with E-state index >= 15 is 0 Å². The van der Waals surface area contributed by atoms with Crippen LogP contribution >= 0.6 is 11.9 Å². The fourth-order valence-corrected chi connectivity index (χ4v) is 1.81. The molecule has 0 aliphatic carbocycles. The Kier molecular flexibility index (Phi) is 5.74. The van der Waals surface area contributed by atoms with E-state index in [0.29, 0.717) is 6.04 Å². The maximum atomic E-state index is 5.39. The summed E-state index contributed by atoms with van der Waals surface area (Å²) in [6.07, 6.45) is 3.20. The molecule has 4 nitrogen and oxygen atoms in total. The van der Waals surface area contributed by atoms with E-state index < -0.39 is 0 Å². The van der Waals surface area contributed by atoms with Crippen LogP contribution in [0.3, 0.4) is 0 Å². The summed E-state index contributed by atoms with van der Waals surface area (Å²) in [6, 6.07) is 2.27. The molecule has 1 saturated heterocycles. The Bertz CT molecular complexity index is 355. The summed E-state index contributed by atoms with van der Waals surface area (Å²) in [6.45, 7) is 10.5. The summed E-state index contributed by atoms with van der Waals surface area (Å²) in [7, 11) is 2.14. The first kappa shape index (κ1) is 14.3. The summed E-state index contributed by atoms with van der Waals surface area (Å²) >= 11 is 1.16. The molecule has 0 spiro atoms. The highest BCUT2D eigenvalue weighted by atomic mass is 32.2. The molecule has 2 heterocycles. The predicted octanol–water partition coefficient (Wildman–Crippen LogP) is 2.39. The molecule has 17 heavy (non-hydrogen) atoms. The first-order valence-electron chi connectivity index (χ1n) is 5.85. The van der Waals surface area contributed by atoms with Gasteiger partial charge in [-0.3, -0.25) is 9.82 Å². The highest BCUT2D eigenvalue weighted by molar-refractivity contribution is 7.97. The monoisotopic (exact) mass is 254 g/mol. The van der Waals surface area contributed by atoms with Crippen molar-refractivity contribution in [2.24, 2.45) is 5.14 Å². The summed E-state index contributed by atoms with van der Waals surface area (Å²) in [4.78, 5) is 2.31. The third kappa shape index (κ3) is 4.18. The quantitative estimate of drug-likeness (QED) is 0.841. The molecule has 0 bridgehead atoms. The average molecular weight is 254 g/mol. The largest absolute Gasteiger partial charge is 0.306 e. The fourth-order valence-electron chi connectivity index (χ4n) is 1.48. The van der Waals surface area contributed by atoms with Crippen molar-refractivity contribution < 1.29 is 0 Å². The number of nitrogens with two attached hydrogens (primary N) is 1. The van der Waals surface area contributed by atoms with Gasteiger partial charge in [-0.25, -0.2) is 0 Å². The number of aromatic nitrogens is 2. The van der Waals surface area contributed by atoms with Gasteiger partial charge in [0.2, 0.25) is 0 Å². The first-order valence-corrected chi connectivity index (χ1v) is 6.73. The molecule has 0 aromatic carbocycles. The van der Waals surface area contributed by atoms with E-state index in [0.717, 1.165) is 22.7 Å². The number of hydrogen-bond donors (Lipinski definition) is 1. The molecule has 1 aromatic heterocycles. The van der Waals surface area contributed by atoms with Crippen LogP contribution in [0.1, 0.15) is 32.0 Å². The van der Waals surface area contributed by atoms with Gasteiger partial charge in [0.25, 0.3) is 0 Å². The molecule has 1 aliphatic rings. The molecular weight excluding hydrogens is 232 g/mol. The zero-order valence-corrected chi connectivity index (χ0v) is 11.7. The van der Waals surface area contributed by atoms with Crippen molar-refractivity contribution in [2.45, 2.75) is 31.3 Å². The molecule has 2 rings (SSSR count). The fraction of sp³-hybridized carbons (Fsp3) is 0.583. The highest BCUT2D eigenvalue weighted by Gasteiger charge is 2.06. The molecule has 0 radical (unpaired) electrons. The van der Waals surface area contributed by atoms with Crippen LogP contribution in [-0.2, 0) is 0 Å². The van der Waals surface area contributed by atoms with Crippen LogP contribution in [0.4, 0.5) is 0 Å². The second kappa shape index (κ2) is 6.83. The van der Waals surface area contributed by atoms with Crippen molar-refractivity contribution in [2.75, 3.05) is 20.1 Å². The standard InChI is InChI=1S/C8H13N3S.C4H9N/c1-4-7-5-8(12-9)10-11(7)6(2)3;1-5-3-2-4-5/h4-6H,1,9H2,2-3H3;2-4H2,1H3. The SMILES string of the molecule is C=Cc1cc(SN)nn1C(C)C.CN1CCC1. The Morgan fingerprint density at radius 1 is 1.53 bits per heavy atom. The van der Waals surface area contributed by atoms with Crippen LogP contribution in [0.25, 0.3) is 6.08 Å². The lowest BCUT2D eigenvalue weighted by atomic mass is 10.3. The molecule has 1 aliphatic heterocycles. The zero-order chi connectivity index (χ0) is 12.8. The Labute approximate surface area is 108 Å². The molecule has 0 atom stereocenters. The van der Waals surface area contributed by atoms with Crippen LogP contribution in [0.2, 0.25) is 0 Å². The highest BCUT2D eigenvalue weighted by Crippen LogP contribution is 2.16. The van der Waals surface area contributed by atoms with Gasteiger partial charge in [-0.05, 0) is 64.5 Å². The van der Waals surface area contributed by atoms with Gasteiger partial charge >= 0.3 is 0 Å². The second-order valence-electron chi connectivity index (χ2n) is 4.42. The van der Waals surface area contributed by atoms with E-state index in [2.05, 4.69) is 37.5 Å². The molecule has 0 unspecified atom stereocenters. The Balaban J connectivity index is 0.000000239.